The fourth-order valence-electron chi connectivity index (χ4n) is 5.79. The second-order valence-corrected chi connectivity index (χ2v) is 9.02. The van der Waals surface area contributed by atoms with Gasteiger partial charge in [-0.05, 0) is 36.9 Å². The van der Waals surface area contributed by atoms with Crippen molar-refractivity contribution in [3.8, 4) is 11.5 Å². The SMILES string of the molecule is CN1C[C@H](c2cccc([N+](=O)[O-])c2)[C@H](C(=O)c2ccc3c(c2)OCO3)[C@]12C(=O)Nc1ccccc12. The summed E-state index contributed by atoms with van der Waals surface area (Å²) in [5, 5.41) is 14.4. The molecule has 9 nitrogen and oxygen atoms in total. The van der Waals surface area contributed by atoms with E-state index in [0.29, 0.717) is 34.9 Å². The molecule has 3 aromatic carbocycles. The lowest BCUT2D eigenvalue weighted by Crippen LogP contribution is -2.51. The smallest absolute Gasteiger partial charge is 0.269 e. The van der Waals surface area contributed by atoms with Crippen LogP contribution in [0.15, 0.2) is 66.7 Å². The number of rotatable bonds is 4. The number of likely N-dealkylation sites (tertiary alicyclic amines) is 1. The van der Waals surface area contributed by atoms with E-state index in [-0.39, 0.29) is 24.2 Å². The number of hydrogen-bond acceptors (Lipinski definition) is 7. The summed E-state index contributed by atoms with van der Waals surface area (Å²) in [5.74, 6) is -0.795. The molecule has 3 aliphatic rings. The molecule has 0 unspecified atom stereocenters. The van der Waals surface area contributed by atoms with Gasteiger partial charge in [0.2, 0.25) is 12.7 Å². The molecule has 1 spiro atoms. The van der Waals surface area contributed by atoms with Crippen LogP contribution in [-0.2, 0) is 10.3 Å². The van der Waals surface area contributed by atoms with Gasteiger partial charge in [-0.1, -0.05) is 30.3 Å². The van der Waals surface area contributed by atoms with Crippen LogP contribution >= 0.6 is 0 Å². The van der Waals surface area contributed by atoms with Gasteiger partial charge < -0.3 is 14.8 Å². The summed E-state index contributed by atoms with van der Waals surface area (Å²) in [5.41, 5.74) is 1.09. The zero-order chi connectivity index (χ0) is 24.3. The standard InChI is InChI=1S/C26H21N3O6/c1-28-13-18(15-5-4-6-17(11-15)29(32)33)23(24(30)16-9-10-21-22(12-16)35-14-34-21)26(28)19-7-2-3-8-20(19)27-25(26)31/h2-12,18,23H,13-14H2,1H3,(H,27,31)/t18-,23-,26-/m1/s1. The number of anilines is 1. The van der Waals surface area contributed by atoms with E-state index in [9.17, 15) is 19.7 Å². The van der Waals surface area contributed by atoms with Gasteiger partial charge in [-0.3, -0.25) is 24.6 Å². The van der Waals surface area contributed by atoms with Gasteiger partial charge in [0.15, 0.2) is 17.3 Å². The van der Waals surface area contributed by atoms with E-state index in [2.05, 4.69) is 5.32 Å². The third-order valence-electron chi connectivity index (χ3n) is 7.31. The fourth-order valence-corrected chi connectivity index (χ4v) is 5.79. The van der Waals surface area contributed by atoms with Crippen LogP contribution in [0.2, 0.25) is 0 Å². The van der Waals surface area contributed by atoms with Crippen LogP contribution in [-0.4, -0.2) is 41.9 Å². The van der Waals surface area contributed by atoms with Crippen LogP contribution in [0.4, 0.5) is 11.4 Å². The number of nitrogens with zero attached hydrogens (tertiary/aromatic N) is 2. The average Bonchev–Trinajstić information content (AvgIpc) is 3.54. The first-order chi connectivity index (χ1) is 16.9. The Morgan fingerprint density at radius 3 is 2.71 bits per heavy atom. The lowest BCUT2D eigenvalue weighted by molar-refractivity contribution is -0.384. The van der Waals surface area contributed by atoms with Crippen molar-refractivity contribution in [1.29, 1.82) is 0 Å². The first kappa shape index (κ1) is 21.3. The number of nitro benzene ring substituents is 1. The molecule has 1 amide bonds. The van der Waals surface area contributed by atoms with E-state index in [0.717, 1.165) is 5.56 Å². The van der Waals surface area contributed by atoms with Crippen LogP contribution in [0.5, 0.6) is 11.5 Å². The van der Waals surface area contributed by atoms with Gasteiger partial charge in [-0.25, -0.2) is 0 Å². The van der Waals surface area contributed by atoms with Gasteiger partial charge >= 0.3 is 0 Å². The molecule has 176 valence electrons. The minimum atomic E-state index is -1.26. The minimum absolute atomic E-state index is 0.0587. The molecule has 3 aliphatic heterocycles. The number of carbonyl (C=O) groups is 2. The van der Waals surface area contributed by atoms with E-state index >= 15 is 0 Å². The van der Waals surface area contributed by atoms with Crippen molar-refractivity contribution >= 4 is 23.1 Å². The molecule has 3 aromatic rings. The third-order valence-corrected chi connectivity index (χ3v) is 7.31. The first-order valence-electron chi connectivity index (χ1n) is 11.2. The number of carbonyl (C=O) groups excluding carboxylic acids is 2. The Morgan fingerprint density at radius 2 is 1.89 bits per heavy atom. The number of ketones is 1. The van der Waals surface area contributed by atoms with Gasteiger partial charge in [0.1, 0.15) is 5.54 Å². The highest BCUT2D eigenvalue weighted by atomic mass is 16.7. The molecule has 0 aromatic heterocycles. The number of amides is 1. The second-order valence-electron chi connectivity index (χ2n) is 9.02. The average molecular weight is 471 g/mol. The number of benzene rings is 3. The maximum absolute atomic E-state index is 14.3. The molecule has 3 heterocycles. The number of nitrogens with one attached hydrogen (secondary N) is 1. The molecular weight excluding hydrogens is 450 g/mol. The van der Waals surface area contributed by atoms with Crippen LogP contribution in [0, 0.1) is 16.0 Å². The molecule has 6 rings (SSSR count). The zero-order valence-electron chi connectivity index (χ0n) is 18.8. The van der Waals surface area contributed by atoms with Crippen molar-refractivity contribution in [2.45, 2.75) is 11.5 Å². The quantitative estimate of drug-likeness (QED) is 0.351. The summed E-state index contributed by atoms with van der Waals surface area (Å²) in [4.78, 5) is 40.9. The summed E-state index contributed by atoms with van der Waals surface area (Å²) in [6.45, 7) is 0.444. The third kappa shape index (κ3) is 2.98. The van der Waals surface area contributed by atoms with E-state index in [1.165, 1.54) is 12.1 Å². The maximum atomic E-state index is 14.3. The summed E-state index contributed by atoms with van der Waals surface area (Å²) in [6.07, 6.45) is 0. The summed E-state index contributed by atoms with van der Waals surface area (Å²) in [7, 11) is 1.82. The summed E-state index contributed by atoms with van der Waals surface area (Å²) >= 11 is 0. The summed E-state index contributed by atoms with van der Waals surface area (Å²) < 4.78 is 10.9. The molecule has 35 heavy (non-hydrogen) atoms. The number of likely N-dealkylation sites (N-methyl/N-ethyl adjacent to an activating group) is 1. The first-order valence-corrected chi connectivity index (χ1v) is 11.2. The van der Waals surface area contributed by atoms with Crippen LogP contribution in [0.3, 0.4) is 0 Å². The normalized spacial score (nSPS) is 24.4. The molecule has 1 saturated heterocycles. The molecular formula is C26H21N3O6. The van der Waals surface area contributed by atoms with Gasteiger partial charge in [-0.15, -0.1) is 0 Å². The predicted octanol–water partition coefficient (Wildman–Crippen LogP) is 3.70. The van der Waals surface area contributed by atoms with Crippen molar-refractivity contribution in [3.05, 3.63) is 93.5 Å². The Morgan fingerprint density at radius 1 is 1.09 bits per heavy atom. The molecule has 3 atom stereocenters. The van der Waals surface area contributed by atoms with Crippen molar-refractivity contribution in [2.24, 2.45) is 5.92 Å². The van der Waals surface area contributed by atoms with Gasteiger partial charge in [0.05, 0.1) is 10.8 Å². The molecule has 0 aliphatic carbocycles. The van der Waals surface area contributed by atoms with Crippen molar-refractivity contribution in [1.82, 2.24) is 4.90 Å². The Kier molecular flexibility index (Phi) is 4.65. The monoisotopic (exact) mass is 471 g/mol. The number of hydrogen-bond donors (Lipinski definition) is 1. The van der Waals surface area contributed by atoms with E-state index in [1.54, 1.807) is 30.3 Å². The number of ether oxygens (including phenoxy) is 2. The predicted molar refractivity (Wildman–Crippen MR) is 126 cm³/mol. The number of Topliss-reactive ketones (excluding diaryl/α,β-unsaturated/α-hetero) is 1. The maximum Gasteiger partial charge on any atom is 0.269 e. The van der Waals surface area contributed by atoms with E-state index in [4.69, 9.17) is 9.47 Å². The fraction of sp³-hybridized carbons (Fsp3) is 0.231. The molecule has 0 saturated carbocycles. The Labute approximate surface area is 200 Å². The van der Waals surface area contributed by atoms with E-state index in [1.807, 2.05) is 36.2 Å². The van der Waals surface area contributed by atoms with Crippen molar-refractivity contribution in [2.75, 3.05) is 25.7 Å². The molecule has 0 radical (unpaired) electrons. The Balaban J connectivity index is 1.54. The highest BCUT2D eigenvalue weighted by Crippen LogP contribution is 2.56. The van der Waals surface area contributed by atoms with Crippen LogP contribution in [0.1, 0.15) is 27.4 Å². The van der Waals surface area contributed by atoms with Gasteiger partial charge in [0.25, 0.3) is 5.69 Å². The van der Waals surface area contributed by atoms with Gasteiger partial charge in [0, 0.05) is 41.4 Å². The minimum Gasteiger partial charge on any atom is -0.454 e. The van der Waals surface area contributed by atoms with Gasteiger partial charge in [-0.2, -0.15) is 0 Å². The summed E-state index contributed by atoms with van der Waals surface area (Å²) in [6, 6.07) is 18.7. The van der Waals surface area contributed by atoms with Crippen molar-refractivity contribution < 1.29 is 24.0 Å². The molecule has 0 bridgehead atoms. The largest absolute Gasteiger partial charge is 0.454 e. The van der Waals surface area contributed by atoms with Crippen LogP contribution < -0.4 is 14.8 Å². The number of fused-ring (bicyclic) bond motifs is 3. The topological polar surface area (TPSA) is 111 Å². The van der Waals surface area contributed by atoms with Crippen molar-refractivity contribution in [3.63, 3.8) is 0 Å². The molecule has 1 N–H and O–H groups in total. The lowest BCUT2D eigenvalue weighted by Gasteiger charge is -2.35. The zero-order valence-corrected chi connectivity index (χ0v) is 18.8. The number of nitro groups is 1. The second kappa shape index (κ2) is 7.64. The Hall–Kier alpha value is -4.24. The Bertz CT molecular complexity index is 1410. The highest BCUT2D eigenvalue weighted by Gasteiger charge is 2.64. The molecule has 9 heteroatoms. The van der Waals surface area contributed by atoms with Crippen LogP contribution in [0.25, 0.3) is 0 Å². The number of non-ortho nitro benzene ring substituents is 1. The van der Waals surface area contributed by atoms with E-state index < -0.39 is 22.3 Å². The molecule has 1 fully saturated rings. The lowest BCUT2D eigenvalue weighted by atomic mass is 9.70. The number of para-hydroxylation sites is 1. The highest BCUT2D eigenvalue weighted by molar-refractivity contribution is 6.12.